The van der Waals surface area contributed by atoms with E-state index in [-0.39, 0.29) is 29.1 Å². The van der Waals surface area contributed by atoms with Crippen molar-refractivity contribution in [1.29, 1.82) is 0 Å². The minimum atomic E-state index is -0.381. The monoisotopic (exact) mass is 445 g/mol. The van der Waals surface area contributed by atoms with Crippen LogP contribution < -0.4 is 5.32 Å². The lowest BCUT2D eigenvalue weighted by atomic mass is 9.88. The summed E-state index contributed by atoms with van der Waals surface area (Å²) in [5.74, 6) is 0.896. The molecule has 0 radical (unpaired) electrons. The molecule has 1 aromatic carbocycles. The molecule has 2 amide bonds. The maximum absolute atomic E-state index is 13.5. The van der Waals surface area contributed by atoms with Gasteiger partial charge in [-0.25, -0.2) is 0 Å². The van der Waals surface area contributed by atoms with Crippen molar-refractivity contribution >= 4 is 23.6 Å². The molecule has 1 saturated carbocycles. The number of carbonyl (C=O) groups is 2. The van der Waals surface area contributed by atoms with Gasteiger partial charge in [-0.3, -0.25) is 14.5 Å². The number of rotatable bonds is 7. The van der Waals surface area contributed by atoms with Gasteiger partial charge in [0.15, 0.2) is 0 Å². The Balaban J connectivity index is 1.38. The fourth-order valence-electron chi connectivity index (χ4n) is 4.87. The Morgan fingerprint density at radius 2 is 1.81 bits per heavy atom. The van der Waals surface area contributed by atoms with Crippen LogP contribution in [0, 0.1) is 5.92 Å². The number of amides is 2. The highest BCUT2D eigenvalue weighted by Crippen LogP contribution is 2.43. The number of morpholine rings is 1. The Morgan fingerprint density at radius 1 is 1.06 bits per heavy atom. The molecule has 31 heavy (non-hydrogen) atoms. The van der Waals surface area contributed by atoms with E-state index in [9.17, 15) is 9.59 Å². The van der Waals surface area contributed by atoms with Gasteiger partial charge in [-0.1, -0.05) is 49.6 Å². The van der Waals surface area contributed by atoms with Crippen LogP contribution in [0.3, 0.4) is 0 Å². The third-order valence-corrected chi connectivity index (χ3v) is 7.97. The zero-order chi connectivity index (χ0) is 21.5. The van der Waals surface area contributed by atoms with Gasteiger partial charge in [0.2, 0.25) is 11.8 Å². The summed E-state index contributed by atoms with van der Waals surface area (Å²) in [5, 5.41) is 3.05. The highest BCUT2D eigenvalue weighted by molar-refractivity contribution is 7.99. The van der Waals surface area contributed by atoms with E-state index in [2.05, 4.69) is 22.3 Å². The van der Waals surface area contributed by atoms with Crippen molar-refractivity contribution in [1.82, 2.24) is 15.1 Å². The van der Waals surface area contributed by atoms with E-state index in [1.54, 1.807) is 11.8 Å². The second-order valence-corrected chi connectivity index (χ2v) is 9.90. The summed E-state index contributed by atoms with van der Waals surface area (Å²) in [6, 6.07) is 9.78. The van der Waals surface area contributed by atoms with E-state index in [1.807, 2.05) is 23.1 Å². The van der Waals surface area contributed by atoms with Crippen molar-refractivity contribution < 1.29 is 14.3 Å². The minimum absolute atomic E-state index is 0.00271. The number of nitrogens with one attached hydrogen (secondary N) is 1. The molecular weight excluding hydrogens is 410 g/mol. The first-order chi connectivity index (χ1) is 15.2. The SMILES string of the molecule is O=C(NCCCN1CCOCC1)C1CSC(c2ccccc2)N1C(=O)C1CCCCC1. The molecule has 3 fully saturated rings. The lowest BCUT2D eigenvalue weighted by molar-refractivity contribution is -0.144. The normalized spacial score (nSPS) is 25.5. The average Bonchev–Trinajstić information content (AvgIpc) is 3.28. The second kappa shape index (κ2) is 11.3. The van der Waals surface area contributed by atoms with Gasteiger partial charge in [-0.15, -0.1) is 11.8 Å². The number of nitrogens with zero attached hydrogens (tertiary/aromatic N) is 2. The fraction of sp³-hybridized carbons (Fsp3) is 0.667. The zero-order valence-corrected chi connectivity index (χ0v) is 19.2. The van der Waals surface area contributed by atoms with Gasteiger partial charge >= 0.3 is 0 Å². The van der Waals surface area contributed by atoms with Crippen molar-refractivity contribution in [2.45, 2.75) is 49.9 Å². The quantitative estimate of drug-likeness (QED) is 0.654. The smallest absolute Gasteiger partial charge is 0.243 e. The van der Waals surface area contributed by atoms with Crippen LogP contribution in [0.4, 0.5) is 0 Å². The first kappa shape index (κ1) is 22.6. The van der Waals surface area contributed by atoms with Gasteiger partial charge < -0.3 is 15.0 Å². The molecule has 170 valence electrons. The Kier molecular flexibility index (Phi) is 8.27. The number of benzene rings is 1. The van der Waals surface area contributed by atoms with Crippen molar-refractivity contribution in [3.05, 3.63) is 35.9 Å². The third kappa shape index (κ3) is 5.82. The Morgan fingerprint density at radius 3 is 2.55 bits per heavy atom. The summed E-state index contributed by atoms with van der Waals surface area (Å²) in [4.78, 5) is 31.0. The van der Waals surface area contributed by atoms with Crippen LogP contribution in [0.25, 0.3) is 0 Å². The van der Waals surface area contributed by atoms with Crippen LogP contribution >= 0.6 is 11.8 Å². The Hall–Kier alpha value is -1.57. The molecule has 2 saturated heterocycles. The first-order valence-corrected chi connectivity index (χ1v) is 12.9. The van der Waals surface area contributed by atoms with Gasteiger partial charge in [0.05, 0.1) is 13.2 Å². The molecule has 0 spiro atoms. The first-order valence-electron chi connectivity index (χ1n) is 11.8. The Labute approximate surface area is 190 Å². The number of hydrogen-bond acceptors (Lipinski definition) is 5. The van der Waals surface area contributed by atoms with Crippen LogP contribution in [0.5, 0.6) is 0 Å². The molecule has 6 nitrogen and oxygen atoms in total. The third-order valence-electron chi connectivity index (χ3n) is 6.65. The van der Waals surface area contributed by atoms with Crippen molar-refractivity contribution in [2.24, 2.45) is 5.92 Å². The van der Waals surface area contributed by atoms with Crippen LogP contribution in [0.15, 0.2) is 30.3 Å². The molecule has 1 aromatic rings. The van der Waals surface area contributed by atoms with E-state index < -0.39 is 0 Å². The van der Waals surface area contributed by atoms with Gasteiger partial charge in [0.25, 0.3) is 0 Å². The summed E-state index contributed by atoms with van der Waals surface area (Å²) < 4.78 is 5.39. The van der Waals surface area contributed by atoms with Crippen molar-refractivity contribution in [3.8, 4) is 0 Å². The second-order valence-electron chi connectivity index (χ2n) is 8.79. The summed E-state index contributed by atoms with van der Waals surface area (Å²) >= 11 is 1.72. The molecular formula is C24H35N3O3S. The van der Waals surface area contributed by atoms with E-state index in [0.717, 1.165) is 70.5 Å². The molecule has 1 N–H and O–H groups in total. The Bertz CT molecular complexity index is 720. The summed E-state index contributed by atoms with van der Waals surface area (Å²) in [5.41, 5.74) is 1.11. The fourth-order valence-corrected chi connectivity index (χ4v) is 6.31. The number of carbonyl (C=O) groups excluding carboxylic acids is 2. The maximum Gasteiger partial charge on any atom is 0.243 e. The number of hydrogen-bond donors (Lipinski definition) is 1. The van der Waals surface area contributed by atoms with Crippen LogP contribution in [-0.2, 0) is 14.3 Å². The molecule has 4 rings (SSSR count). The summed E-state index contributed by atoms with van der Waals surface area (Å²) in [7, 11) is 0. The molecule has 2 unspecified atom stereocenters. The van der Waals surface area contributed by atoms with Crippen LogP contribution in [-0.4, -0.2) is 72.8 Å². The average molecular weight is 446 g/mol. The highest BCUT2D eigenvalue weighted by Gasteiger charge is 2.44. The topological polar surface area (TPSA) is 61.9 Å². The molecule has 3 aliphatic rings. The minimum Gasteiger partial charge on any atom is -0.379 e. The molecule has 2 atom stereocenters. The molecule has 1 aliphatic carbocycles. The summed E-state index contributed by atoms with van der Waals surface area (Å²) in [6.45, 7) is 5.15. The predicted octanol–water partition coefficient (Wildman–Crippen LogP) is 3.05. The molecule has 7 heteroatoms. The van der Waals surface area contributed by atoms with Gasteiger partial charge in [-0.2, -0.15) is 0 Å². The predicted molar refractivity (Wildman–Crippen MR) is 124 cm³/mol. The van der Waals surface area contributed by atoms with Crippen molar-refractivity contribution in [2.75, 3.05) is 45.1 Å². The largest absolute Gasteiger partial charge is 0.379 e. The lowest BCUT2D eigenvalue weighted by Gasteiger charge is -2.33. The molecule has 0 aromatic heterocycles. The van der Waals surface area contributed by atoms with Crippen LogP contribution in [0.1, 0.15) is 49.5 Å². The molecule has 2 heterocycles. The summed E-state index contributed by atoms with van der Waals surface area (Å²) in [6.07, 6.45) is 6.28. The maximum atomic E-state index is 13.5. The van der Waals surface area contributed by atoms with Crippen molar-refractivity contribution in [3.63, 3.8) is 0 Å². The van der Waals surface area contributed by atoms with Gasteiger partial charge in [0.1, 0.15) is 11.4 Å². The van der Waals surface area contributed by atoms with E-state index in [0.29, 0.717) is 12.3 Å². The standard InChI is InChI=1S/C24H35N3O3S/c28-22(25-12-7-13-26-14-16-30-17-15-26)21-18-31-24(20-10-5-2-6-11-20)27(21)23(29)19-8-3-1-4-9-19/h2,5-6,10-11,19,21,24H,1,3-4,7-9,12-18H2,(H,25,28). The van der Waals surface area contributed by atoms with Gasteiger partial charge in [0, 0.05) is 31.3 Å². The molecule has 0 bridgehead atoms. The zero-order valence-electron chi connectivity index (χ0n) is 18.3. The van der Waals surface area contributed by atoms with Gasteiger partial charge in [-0.05, 0) is 31.4 Å². The molecule has 2 aliphatic heterocycles. The number of thioether (sulfide) groups is 1. The van der Waals surface area contributed by atoms with Crippen LogP contribution in [0.2, 0.25) is 0 Å². The highest BCUT2D eigenvalue weighted by atomic mass is 32.2. The van der Waals surface area contributed by atoms with E-state index in [1.165, 1.54) is 6.42 Å². The van der Waals surface area contributed by atoms with E-state index >= 15 is 0 Å². The van der Waals surface area contributed by atoms with E-state index in [4.69, 9.17) is 4.74 Å². The lowest BCUT2D eigenvalue weighted by Crippen LogP contribution is -2.50. The number of ether oxygens (including phenoxy) is 1.